The van der Waals surface area contributed by atoms with Crippen LogP contribution in [0.2, 0.25) is 0 Å². The van der Waals surface area contributed by atoms with E-state index in [9.17, 15) is 19.5 Å². The molecule has 0 radical (unpaired) electrons. The van der Waals surface area contributed by atoms with Gasteiger partial charge in [0.2, 0.25) is 0 Å². The molecular formula is C25H29N3O4. The van der Waals surface area contributed by atoms with Crippen molar-refractivity contribution >= 4 is 11.9 Å². The van der Waals surface area contributed by atoms with Gasteiger partial charge in [-0.1, -0.05) is 38.8 Å². The second-order valence-corrected chi connectivity index (χ2v) is 8.68. The molecule has 32 heavy (non-hydrogen) atoms. The number of aryl methyl sites for hydroxylation is 1. The standard InChI is InChI=1S/C25H29N3O4/c1-16(2)22(25(31)32)27-23(29)20-13-19-7-5-3-4-6-8-21(19)28(24(20)30)15-18-11-9-17(14-26)10-12-18/h9-13,16,22H,3-8,15H2,1-2H3,(H,27,29)(H,31,32)/t22-/m0/s1. The average Bonchev–Trinajstić information content (AvgIpc) is 2.74. The molecule has 1 aromatic carbocycles. The van der Waals surface area contributed by atoms with Crippen LogP contribution in [-0.2, 0) is 24.2 Å². The number of carboxylic acid groups (broad SMARTS) is 1. The largest absolute Gasteiger partial charge is 0.480 e. The number of rotatable bonds is 6. The Morgan fingerprint density at radius 2 is 1.78 bits per heavy atom. The molecule has 1 atom stereocenters. The van der Waals surface area contributed by atoms with Crippen molar-refractivity contribution in [2.75, 3.05) is 0 Å². The number of carbonyl (C=O) groups is 2. The highest BCUT2D eigenvalue weighted by atomic mass is 16.4. The van der Waals surface area contributed by atoms with Gasteiger partial charge in [0.25, 0.3) is 11.5 Å². The topological polar surface area (TPSA) is 112 Å². The lowest BCUT2D eigenvalue weighted by Gasteiger charge is -2.22. The molecule has 1 aliphatic rings. The number of benzene rings is 1. The van der Waals surface area contributed by atoms with Crippen molar-refractivity contribution in [3.8, 4) is 6.07 Å². The second-order valence-electron chi connectivity index (χ2n) is 8.68. The third kappa shape index (κ3) is 5.25. The zero-order valence-electron chi connectivity index (χ0n) is 18.6. The molecule has 7 nitrogen and oxygen atoms in total. The molecule has 0 spiro atoms. The van der Waals surface area contributed by atoms with Crippen LogP contribution in [0.15, 0.2) is 35.1 Å². The lowest BCUT2D eigenvalue weighted by Crippen LogP contribution is -2.46. The van der Waals surface area contributed by atoms with Gasteiger partial charge in [0.15, 0.2) is 0 Å². The maximum absolute atomic E-state index is 13.4. The Morgan fingerprint density at radius 1 is 1.12 bits per heavy atom. The van der Waals surface area contributed by atoms with E-state index in [2.05, 4.69) is 11.4 Å². The molecular weight excluding hydrogens is 406 g/mol. The van der Waals surface area contributed by atoms with E-state index < -0.39 is 23.5 Å². The van der Waals surface area contributed by atoms with E-state index in [0.29, 0.717) is 12.1 Å². The number of nitrogens with zero attached hydrogens (tertiary/aromatic N) is 2. The van der Waals surface area contributed by atoms with E-state index in [1.165, 1.54) is 0 Å². The number of hydrogen-bond donors (Lipinski definition) is 2. The van der Waals surface area contributed by atoms with Gasteiger partial charge >= 0.3 is 5.97 Å². The van der Waals surface area contributed by atoms with Crippen LogP contribution in [0.5, 0.6) is 0 Å². The molecule has 0 bridgehead atoms. The molecule has 2 N–H and O–H groups in total. The number of pyridine rings is 1. The minimum Gasteiger partial charge on any atom is -0.480 e. The number of nitrogens with one attached hydrogen (secondary N) is 1. The number of nitriles is 1. The first-order chi connectivity index (χ1) is 15.3. The van der Waals surface area contributed by atoms with Gasteiger partial charge in [0.1, 0.15) is 11.6 Å². The van der Waals surface area contributed by atoms with Crippen molar-refractivity contribution in [3.63, 3.8) is 0 Å². The Bertz CT molecular complexity index is 1090. The lowest BCUT2D eigenvalue weighted by atomic mass is 9.95. The minimum absolute atomic E-state index is 0.0233. The van der Waals surface area contributed by atoms with Crippen LogP contribution >= 0.6 is 0 Å². The fraction of sp³-hybridized carbons (Fsp3) is 0.440. The highest BCUT2D eigenvalue weighted by molar-refractivity contribution is 5.96. The van der Waals surface area contributed by atoms with Gasteiger partial charge < -0.3 is 15.0 Å². The highest BCUT2D eigenvalue weighted by Gasteiger charge is 2.27. The number of amides is 1. The number of carbonyl (C=O) groups excluding carboxylic acids is 1. The summed E-state index contributed by atoms with van der Waals surface area (Å²) in [5, 5.41) is 21.0. The number of hydrogen-bond acceptors (Lipinski definition) is 4. The van der Waals surface area contributed by atoms with Crippen LogP contribution in [0.4, 0.5) is 0 Å². The molecule has 1 aromatic heterocycles. The predicted molar refractivity (Wildman–Crippen MR) is 121 cm³/mol. The summed E-state index contributed by atoms with van der Waals surface area (Å²) in [6.07, 6.45) is 5.68. The van der Waals surface area contributed by atoms with Gasteiger partial charge in [-0.3, -0.25) is 9.59 Å². The first kappa shape index (κ1) is 23.3. The predicted octanol–water partition coefficient (Wildman–Crippen LogP) is 3.27. The molecule has 1 amide bonds. The Kier molecular flexibility index (Phi) is 7.47. The Morgan fingerprint density at radius 3 is 2.38 bits per heavy atom. The summed E-state index contributed by atoms with van der Waals surface area (Å²) >= 11 is 0. The summed E-state index contributed by atoms with van der Waals surface area (Å²) in [4.78, 5) is 38.0. The third-order valence-electron chi connectivity index (χ3n) is 5.99. The zero-order chi connectivity index (χ0) is 23.3. The minimum atomic E-state index is -1.13. The summed E-state index contributed by atoms with van der Waals surface area (Å²) in [5.41, 5.74) is 2.87. The van der Waals surface area contributed by atoms with Crippen LogP contribution < -0.4 is 10.9 Å². The van der Waals surface area contributed by atoms with Gasteiger partial charge in [-0.25, -0.2) is 4.79 Å². The maximum atomic E-state index is 13.4. The SMILES string of the molecule is CC(C)[C@H](NC(=O)c1cc2c(n(Cc3ccc(C#N)cc3)c1=O)CCCCCC2)C(=O)O. The Balaban J connectivity index is 2.06. The fourth-order valence-corrected chi connectivity index (χ4v) is 4.16. The van der Waals surface area contributed by atoms with Gasteiger partial charge in [-0.15, -0.1) is 0 Å². The molecule has 0 saturated heterocycles. The monoisotopic (exact) mass is 435 g/mol. The molecule has 3 rings (SSSR count). The average molecular weight is 436 g/mol. The van der Waals surface area contributed by atoms with E-state index in [-0.39, 0.29) is 11.5 Å². The molecule has 2 aromatic rings. The molecule has 0 fully saturated rings. The molecule has 0 saturated carbocycles. The van der Waals surface area contributed by atoms with Gasteiger partial charge in [-0.05, 0) is 60.9 Å². The fourth-order valence-electron chi connectivity index (χ4n) is 4.16. The normalized spacial score (nSPS) is 14.6. The van der Waals surface area contributed by atoms with E-state index in [0.717, 1.165) is 55.3 Å². The van der Waals surface area contributed by atoms with Crippen molar-refractivity contribution in [3.05, 3.63) is 68.6 Å². The first-order valence-electron chi connectivity index (χ1n) is 11.1. The van der Waals surface area contributed by atoms with Crippen LogP contribution in [-0.4, -0.2) is 27.6 Å². The van der Waals surface area contributed by atoms with Crippen molar-refractivity contribution < 1.29 is 14.7 Å². The van der Waals surface area contributed by atoms with Crippen LogP contribution in [0, 0.1) is 17.2 Å². The Hall–Kier alpha value is -3.40. The quantitative estimate of drug-likeness (QED) is 0.723. The van der Waals surface area contributed by atoms with E-state index >= 15 is 0 Å². The van der Waals surface area contributed by atoms with Crippen LogP contribution in [0.3, 0.4) is 0 Å². The lowest BCUT2D eigenvalue weighted by molar-refractivity contribution is -0.140. The van der Waals surface area contributed by atoms with E-state index in [4.69, 9.17) is 5.26 Å². The summed E-state index contributed by atoms with van der Waals surface area (Å²) in [5.74, 6) is -2.10. The van der Waals surface area contributed by atoms with E-state index in [1.807, 2.05) is 12.1 Å². The molecule has 7 heteroatoms. The smallest absolute Gasteiger partial charge is 0.326 e. The highest BCUT2D eigenvalue weighted by Crippen LogP contribution is 2.21. The van der Waals surface area contributed by atoms with Gasteiger partial charge in [0.05, 0.1) is 18.2 Å². The summed E-state index contributed by atoms with van der Waals surface area (Å²) in [6.45, 7) is 3.71. The van der Waals surface area contributed by atoms with Crippen LogP contribution in [0.1, 0.15) is 72.3 Å². The van der Waals surface area contributed by atoms with Crippen molar-refractivity contribution in [1.82, 2.24) is 9.88 Å². The van der Waals surface area contributed by atoms with Crippen molar-refractivity contribution in [2.45, 2.75) is 65.0 Å². The van der Waals surface area contributed by atoms with Crippen molar-refractivity contribution in [2.24, 2.45) is 5.92 Å². The molecule has 0 unspecified atom stereocenters. The maximum Gasteiger partial charge on any atom is 0.326 e. The van der Waals surface area contributed by atoms with E-state index in [1.54, 1.807) is 36.6 Å². The molecule has 1 aliphatic carbocycles. The second kappa shape index (κ2) is 10.3. The number of aromatic nitrogens is 1. The van der Waals surface area contributed by atoms with Crippen LogP contribution in [0.25, 0.3) is 0 Å². The summed E-state index contributed by atoms with van der Waals surface area (Å²) < 4.78 is 1.65. The molecule has 0 aliphatic heterocycles. The molecule has 1 heterocycles. The number of fused-ring (bicyclic) bond motifs is 1. The number of carboxylic acids is 1. The molecule has 168 valence electrons. The third-order valence-corrected chi connectivity index (χ3v) is 5.99. The first-order valence-corrected chi connectivity index (χ1v) is 11.1. The summed E-state index contributed by atoms with van der Waals surface area (Å²) in [7, 11) is 0. The Labute approximate surface area is 187 Å². The van der Waals surface area contributed by atoms with Gasteiger partial charge in [-0.2, -0.15) is 5.26 Å². The van der Waals surface area contributed by atoms with Gasteiger partial charge in [0, 0.05) is 5.69 Å². The van der Waals surface area contributed by atoms with Crippen molar-refractivity contribution in [1.29, 1.82) is 5.26 Å². The number of aliphatic carboxylic acids is 1. The zero-order valence-corrected chi connectivity index (χ0v) is 18.6. The summed E-state index contributed by atoms with van der Waals surface area (Å²) in [6, 6.07) is 9.71.